The molecule has 0 aliphatic rings. The van der Waals surface area contributed by atoms with Crippen LogP contribution in [0.3, 0.4) is 0 Å². The Kier molecular flexibility index (Phi) is 5.30. The summed E-state index contributed by atoms with van der Waals surface area (Å²) in [5.74, 6) is 0.935. The highest BCUT2D eigenvalue weighted by molar-refractivity contribution is 5.89. The first-order chi connectivity index (χ1) is 10.6. The molecule has 0 saturated heterocycles. The molecule has 22 heavy (non-hydrogen) atoms. The summed E-state index contributed by atoms with van der Waals surface area (Å²) in [7, 11) is 0. The van der Waals surface area contributed by atoms with Gasteiger partial charge in [-0.3, -0.25) is 0 Å². The Morgan fingerprint density at radius 1 is 1.23 bits per heavy atom. The van der Waals surface area contributed by atoms with Crippen LogP contribution in [-0.2, 0) is 4.74 Å². The normalized spacial score (nSPS) is 10.4. The number of esters is 1. The number of rotatable bonds is 6. The summed E-state index contributed by atoms with van der Waals surface area (Å²) in [6, 6.07) is 9.10. The van der Waals surface area contributed by atoms with Gasteiger partial charge in [-0.15, -0.1) is 0 Å². The Hall–Kier alpha value is -2.63. The zero-order chi connectivity index (χ0) is 15.9. The molecule has 0 aliphatic carbocycles. The van der Waals surface area contributed by atoms with Crippen molar-refractivity contribution < 1.29 is 9.53 Å². The first-order valence-corrected chi connectivity index (χ1v) is 7.22. The topological polar surface area (TPSA) is 76.1 Å². The first kappa shape index (κ1) is 15.8. The van der Waals surface area contributed by atoms with Gasteiger partial charge >= 0.3 is 5.97 Å². The average Bonchev–Trinajstić information content (AvgIpc) is 2.48. The van der Waals surface area contributed by atoms with Gasteiger partial charge in [0.1, 0.15) is 5.82 Å². The number of nitrogens with zero attached hydrogens (tertiary/aromatic N) is 2. The van der Waals surface area contributed by atoms with E-state index in [9.17, 15) is 4.79 Å². The molecule has 0 spiro atoms. The molecule has 0 radical (unpaired) electrons. The van der Waals surface area contributed by atoms with Crippen molar-refractivity contribution in [2.75, 3.05) is 17.2 Å². The number of ether oxygens (including phenoxy) is 1. The molecular weight excluding hydrogens is 280 g/mol. The van der Waals surface area contributed by atoms with Crippen LogP contribution in [0.4, 0.5) is 17.5 Å². The summed E-state index contributed by atoms with van der Waals surface area (Å²) in [4.78, 5) is 20.1. The van der Waals surface area contributed by atoms with Gasteiger partial charge in [-0.2, -0.15) is 4.98 Å². The van der Waals surface area contributed by atoms with E-state index in [0.717, 1.165) is 5.69 Å². The minimum Gasteiger partial charge on any atom is -0.462 e. The van der Waals surface area contributed by atoms with Gasteiger partial charge in [-0.05, 0) is 51.1 Å². The molecule has 6 heteroatoms. The van der Waals surface area contributed by atoms with E-state index in [4.69, 9.17) is 4.74 Å². The van der Waals surface area contributed by atoms with Crippen molar-refractivity contribution in [3.63, 3.8) is 0 Å². The third-order valence-electron chi connectivity index (χ3n) is 2.74. The van der Waals surface area contributed by atoms with E-state index < -0.39 is 0 Å². The number of hydrogen-bond donors (Lipinski definition) is 2. The van der Waals surface area contributed by atoms with Gasteiger partial charge in [0.15, 0.2) is 0 Å². The van der Waals surface area contributed by atoms with Crippen LogP contribution in [-0.4, -0.2) is 28.6 Å². The number of aromatic nitrogens is 2. The third kappa shape index (κ3) is 4.44. The quantitative estimate of drug-likeness (QED) is 0.798. The van der Waals surface area contributed by atoms with Crippen LogP contribution in [0.1, 0.15) is 31.1 Å². The number of hydrogen-bond acceptors (Lipinski definition) is 6. The molecule has 1 heterocycles. The lowest BCUT2D eigenvalue weighted by Gasteiger charge is -2.10. The van der Waals surface area contributed by atoms with Crippen LogP contribution in [0.2, 0.25) is 0 Å². The smallest absolute Gasteiger partial charge is 0.338 e. The lowest BCUT2D eigenvalue weighted by atomic mass is 10.2. The van der Waals surface area contributed by atoms with Crippen molar-refractivity contribution in [1.29, 1.82) is 0 Å². The third-order valence-corrected chi connectivity index (χ3v) is 2.74. The van der Waals surface area contributed by atoms with E-state index in [2.05, 4.69) is 20.6 Å². The summed E-state index contributed by atoms with van der Waals surface area (Å²) in [5.41, 5.74) is 1.36. The molecule has 0 fully saturated rings. The van der Waals surface area contributed by atoms with Crippen molar-refractivity contribution in [2.45, 2.75) is 26.8 Å². The van der Waals surface area contributed by atoms with Crippen LogP contribution in [0, 0.1) is 0 Å². The number of benzene rings is 1. The second-order valence-corrected chi connectivity index (χ2v) is 4.99. The monoisotopic (exact) mass is 300 g/mol. The maximum absolute atomic E-state index is 11.6. The number of nitrogens with one attached hydrogen (secondary N) is 2. The molecule has 0 saturated carbocycles. The van der Waals surface area contributed by atoms with Gasteiger partial charge in [-0.1, -0.05) is 0 Å². The molecule has 0 atom stereocenters. The van der Waals surface area contributed by atoms with Crippen molar-refractivity contribution in [1.82, 2.24) is 9.97 Å². The lowest BCUT2D eigenvalue weighted by Crippen LogP contribution is -2.12. The van der Waals surface area contributed by atoms with Gasteiger partial charge in [0.2, 0.25) is 5.95 Å². The molecule has 2 N–H and O–H groups in total. The molecule has 0 bridgehead atoms. The van der Waals surface area contributed by atoms with E-state index in [0.29, 0.717) is 23.9 Å². The fourth-order valence-electron chi connectivity index (χ4n) is 1.81. The van der Waals surface area contributed by atoms with E-state index in [1.807, 2.05) is 26.0 Å². The maximum Gasteiger partial charge on any atom is 0.338 e. The van der Waals surface area contributed by atoms with Crippen LogP contribution < -0.4 is 10.6 Å². The zero-order valence-electron chi connectivity index (χ0n) is 13.0. The van der Waals surface area contributed by atoms with Crippen LogP contribution in [0.5, 0.6) is 0 Å². The maximum atomic E-state index is 11.6. The number of anilines is 3. The summed E-state index contributed by atoms with van der Waals surface area (Å²) in [6.45, 7) is 6.20. The summed E-state index contributed by atoms with van der Waals surface area (Å²) in [6.07, 6.45) is 1.69. The van der Waals surface area contributed by atoms with Gasteiger partial charge in [0.25, 0.3) is 0 Å². The second-order valence-electron chi connectivity index (χ2n) is 4.99. The predicted molar refractivity (Wildman–Crippen MR) is 86.5 cm³/mol. The SMILES string of the molecule is CCOC(=O)c1ccc(Nc2ccnc(NC(C)C)n2)cc1. The number of carbonyl (C=O) groups excluding carboxylic acids is 1. The van der Waals surface area contributed by atoms with E-state index >= 15 is 0 Å². The van der Waals surface area contributed by atoms with Gasteiger partial charge < -0.3 is 15.4 Å². The fraction of sp³-hybridized carbons (Fsp3) is 0.312. The lowest BCUT2D eigenvalue weighted by molar-refractivity contribution is 0.0526. The summed E-state index contributed by atoms with van der Waals surface area (Å²) in [5, 5.41) is 6.32. The molecule has 116 valence electrons. The molecule has 6 nitrogen and oxygen atoms in total. The summed E-state index contributed by atoms with van der Waals surface area (Å²) >= 11 is 0. The molecule has 0 aliphatic heterocycles. The van der Waals surface area contributed by atoms with Crippen molar-refractivity contribution >= 4 is 23.4 Å². The van der Waals surface area contributed by atoms with Crippen molar-refractivity contribution in [3.8, 4) is 0 Å². The molecule has 2 rings (SSSR count). The zero-order valence-corrected chi connectivity index (χ0v) is 13.0. The largest absolute Gasteiger partial charge is 0.462 e. The number of carbonyl (C=O) groups is 1. The Balaban J connectivity index is 2.06. The highest BCUT2D eigenvalue weighted by Gasteiger charge is 2.06. The first-order valence-electron chi connectivity index (χ1n) is 7.22. The van der Waals surface area contributed by atoms with Crippen molar-refractivity contribution in [3.05, 3.63) is 42.1 Å². The molecule has 2 aromatic rings. The van der Waals surface area contributed by atoms with Crippen molar-refractivity contribution in [2.24, 2.45) is 0 Å². The minimum absolute atomic E-state index is 0.263. The Labute approximate surface area is 129 Å². The molecule has 1 aromatic heterocycles. The second kappa shape index (κ2) is 7.40. The van der Waals surface area contributed by atoms with Gasteiger partial charge in [0, 0.05) is 17.9 Å². The van der Waals surface area contributed by atoms with E-state index in [1.165, 1.54) is 0 Å². The van der Waals surface area contributed by atoms with Gasteiger partial charge in [-0.25, -0.2) is 9.78 Å². The molecule has 1 aromatic carbocycles. The van der Waals surface area contributed by atoms with Crippen LogP contribution in [0.25, 0.3) is 0 Å². The standard InChI is InChI=1S/C16H20N4O2/c1-4-22-15(21)12-5-7-13(8-6-12)19-14-9-10-17-16(20-14)18-11(2)3/h5-11H,4H2,1-3H3,(H2,17,18,19,20). The molecule has 0 unspecified atom stereocenters. The Morgan fingerprint density at radius 2 is 1.95 bits per heavy atom. The van der Waals surface area contributed by atoms with Crippen LogP contribution in [0.15, 0.2) is 36.5 Å². The Morgan fingerprint density at radius 3 is 2.59 bits per heavy atom. The summed E-state index contributed by atoms with van der Waals surface area (Å²) < 4.78 is 4.95. The molecule has 0 amide bonds. The van der Waals surface area contributed by atoms with Gasteiger partial charge in [0.05, 0.1) is 12.2 Å². The Bertz CT molecular complexity index is 626. The fourth-order valence-corrected chi connectivity index (χ4v) is 1.81. The van der Waals surface area contributed by atoms with Crippen LogP contribution >= 0.6 is 0 Å². The minimum atomic E-state index is -0.320. The predicted octanol–water partition coefficient (Wildman–Crippen LogP) is 3.22. The highest BCUT2D eigenvalue weighted by atomic mass is 16.5. The average molecular weight is 300 g/mol. The van der Waals surface area contributed by atoms with E-state index in [1.54, 1.807) is 31.3 Å². The molecular formula is C16H20N4O2. The highest BCUT2D eigenvalue weighted by Crippen LogP contribution is 2.16. The van der Waals surface area contributed by atoms with E-state index in [-0.39, 0.29) is 12.0 Å².